The topological polar surface area (TPSA) is 58.6 Å². The molecule has 0 spiro atoms. The van der Waals surface area contributed by atoms with Gasteiger partial charge in [-0.2, -0.15) is 0 Å². The Labute approximate surface area is 180 Å². The molecular weight excluding hydrogens is 408 g/mol. The minimum Gasteiger partial charge on any atom is -0.491 e. The summed E-state index contributed by atoms with van der Waals surface area (Å²) in [6.07, 6.45) is 2.55. The second-order valence-electron chi connectivity index (χ2n) is 6.75. The Bertz CT molecular complexity index is 1000. The number of hydrogen-bond donors (Lipinski definition) is 1. The molecule has 2 amide bonds. The number of hydrogen-bond acceptors (Lipinski definition) is 4. The summed E-state index contributed by atoms with van der Waals surface area (Å²) in [6, 6.07) is 12.4. The molecule has 0 radical (unpaired) electrons. The Kier molecular flexibility index (Phi) is 6.35. The highest BCUT2D eigenvalue weighted by Crippen LogP contribution is 2.29. The number of halogens is 1. The number of carbonyl (C=O) groups is 2. The van der Waals surface area contributed by atoms with Gasteiger partial charge >= 0.3 is 0 Å². The van der Waals surface area contributed by atoms with E-state index in [0.29, 0.717) is 21.8 Å². The van der Waals surface area contributed by atoms with Crippen molar-refractivity contribution in [2.24, 2.45) is 0 Å². The van der Waals surface area contributed by atoms with Gasteiger partial charge < -0.3 is 4.74 Å². The molecule has 150 valence electrons. The Hall–Kier alpha value is -2.70. The second kappa shape index (κ2) is 8.76. The van der Waals surface area contributed by atoms with Crippen LogP contribution in [0, 0.1) is 6.92 Å². The first-order valence-corrected chi connectivity index (χ1v) is 10.0. The number of thiocarbonyl (C=S) groups is 1. The summed E-state index contributed by atoms with van der Waals surface area (Å²) in [4.78, 5) is 26.8. The van der Waals surface area contributed by atoms with Crippen molar-refractivity contribution >= 4 is 52.5 Å². The summed E-state index contributed by atoms with van der Waals surface area (Å²) in [7, 11) is 0. The number of nitrogens with one attached hydrogen (secondary N) is 1. The van der Waals surface area contributed by atoms with E-state index in [4.69, 9.17) is 28.6 Å². The van der Waals surface area contributed by atoms with Crippen LogP contribution in [0.3, 0.4) is 0 Å². The van der Waals surface area contributed by atoms with Gasteiger partial charge in [0.05, 0.1) is 11.8 Å². The lowest BCUT2D eigenvalue weighted by Gasteiger charge is -2.30. The van der Waals surface area contributed by atoms with E-state index < -0.39 is 11.8 Å². The smallest absolute Gasteiger partial charge is 0.270 e. The molecule has 5 nitrogen and oxygen atoms in total. The van der Waals surface area contributed by atoms with Gasteiger partial charge in [-0.3, -0.25) is 19.8 Å². The maximum atomic E-state index is 13.1. The van der Waals surface area contributed by atoms with Crippen LogP contribution in [0.2, 0.25) is 5.02 Å². The second-order valence-corrected chi connectivity index (χ2v) is 7.54. The largest absolute Gasteiger partial charge is 0.491 e. The van der Waals surface area contributed by atoms with Gasteiger partial charge in [-0.1, -0.05) is 36.7 Å². The maximum absolute atomic E-state index is 13.1. The number of nitrogens with zero attached hydrogens (tertiary/aromatic N) is 1. The fourth-order valence-corrected chi connectivity index (χ4v) is 3.28. The normalized spacial score (nSPS) is 16.8. The number of rotatable bonds is 5. The monoisotopic (exact) mass is 428 g/mol. The number of amides is 2. The van der Waals surface area contributed by atoms with Gasteiger partial charge in [0.2, 0.25) is 0 Å². The quantitative estimate of drug-likeness (QED) is 0.427. The SMILES string of the molecule is CC[C@H](C)Oc1ccc(/C=C2\C(=O)NC(=S)N(c3cccc(Cl)c3C)C2=O)cc1. The van der Waals surface area contributed by atoms with E-state index in [-0.39, 0.29) is 16.8 Å². The predicted molar refractivity (Wildman–Crippen MR) is 119 cm³/mol. The van der Waals surface area contributed by atoms with Crippen molar-refractivity contribution in [2.75, 3.05) is 4.90 Å². The number of ether oxygens (including phenoxy) is 1. The molecule has 0 saturated carbocycles. The minimum absolute atomic E-state index is 0.00595. The van der Waals surface area contributed by atoms with Crippen molar-refractivity contribution in [1.29, 1.82) is 0 Å². The van der Waals surface area contributed by atoms with Crippen molar-refractivity contribution < 1.29 is 14.3 Å². The number of carbonyl (C=O) groups excluding carboxylic acids is 2. The van der Waals surface area contributed by atoms with Crippen LogP contribution >= 0.6 is 23.8 Å². The highest BCUT2D eigenvalue weighted by molar-refractivity contribution is 7.80. The maximum Gasteiger partial charge on any atom is 0.270 e. The van der Waals surface area contributed by atoms with E-state index in [1.165, 1.54) is 4.90 Å². The summed E-state index contributed by atoms with van der Waals surface area (Å²) in [5.41, 5.74) is 1.94. The van der Waals surface area contributed by atoms with Crippen molar-refractivity contribution in [3.05, 3.63) is 64.2 Å². The van der Waals surface area contributed by atoms with Crippen LogP contribution in [0.5, 0.6) is 5.75 Å². The van der Waals surface area contributed by atoms with E-state index in [1.807, 2.05) is 19.1 Å². The first-order chi connectivity index (χ1) is 13.8. The summed E-state index contributed by atoms with van der Waals surface area (Å²) in [5, 5.41) is 3.12. The highest BCUT2D eigenvalue weighted by Gasteiger charge is 2.35. The molecule has 0 aromatic heterocycles. The van der Waals surface area contributed by atoms with Crippen LogP contribution in [0.25, 0.3) is 6.08 Å². The van der Waals surface area contributed by atoms with E-state index in [2.05, 4.69) is 12.2 Å². The molecule has 29 heavy (non-hydrogen) atoms. The highest BCUT2D eigenvalue weighted by atomic mass is 35.5. The lowest BCUT2D eigenvalue weighted by molar-refractivity contribution is -0.122. The average Bonchev–Trinajstić information content (AvgIpc) is 2.69. The van der Waals surface area contributed by atoms with Gasteiger partial charge in [-0.05, 0) is 74.0 Å². The first-order valence-electron chi connectivity index (χ1n) is 9.25. The molecule has 1 fully saturated rings. The molecule has 3 rings (SSSR count). The van der Waals surface area contributed by atoms with Crippen LogP contribution in [-0.2, 0) is 9.59 Å². The molecule has 1 aliphatic heterocycles. The predicted octanol–water partition coefficient (Wildman–Crippen LogP) is 4.66. The standard InChI is InChI=1S/C22H21ClN2O3S/c1-4-13(2)28-16-10-8-15(9-11-16)12-17-20(26)24-22(29)25(21(17)27)19-7-5-6-18(23)14(19)3/h5-13H,4H2,1-3H3,(H,24,26,29)/b17-12+/t13-/m0/s1. The Morgan fingerprint density at radius 3 is 2.55 bits per heavy atom. The van der Waals surface area contributed by atoms with Gasteiger partial charge in [0, 0.05) is 5.02 Å². The lowest BCUT2D eigenvalue weighted by atomic mass is 10.1. The fourth-order valence-electron chi connectivity index (χ4n) is 2.84. The summed E-state index contributed by atoms with van der Waals surface area (Å²) >= 11 is 11.4. The molecule has 1 heterocycles. The van der Waals surface area contributed by atoms with Gasteiger partial charge in [-0.25, -0.2) is 0 Å². The molecule has 0 bridgehead atoms. The van der Waals surface area contributed by atoms with Crippen LogP contribution in [0.1, 0.15) is 31.4 Å². The van der Waals surface area contributed by atoms with E-state index in [9.17, 15) is 9.59 Å². The molecule has 0 aliphatic carbocycles. The summed E-state index contributed by atoms with van der Waals surface area (Å²) < 4.78 is 5.76. The van der Waals surface area contributed by atoms with Crippen molar-refractivity contribution in [2.45, 2.75) is 33.3 Å². The summed E-state index contributed by atoms with van der Waals surface area (Å²) in [5.74, 6) is -0.293. The van der Waals surface area contributed by atoms with E-state index in [0.717, 1.165) is 12.2 Å². The average molecular weight is 429 g/mol. The molecule has 0 unspecified atom stereocenters. The Morgan fingerprint density at radius 1 is 1.21 bits per heavy atom. The van der Waals surface area contributed by atoms with Gasteiger partial charge in [0.1, 0.15) is 11.3 Å². The lowest BCUT2D eigenvalue weighted by Crippen LogP contribution is -2.54. The van der Waals surface area contributed by atoms with Crippen LogP contribution < -0.4 is 15.0 Å². The minimum atomic E-state index is -0.532. The molecule has 1 N–H and O–H groups in total. The van der Waals surface area contributed by atoms with Gasteiger partial charge in [-0.15, -0.1) is 0 Å². The van der Waals surface area contributed by atoms with Gasteiger partial charge in [0.15, 0.2) is 5.11 Å². The van der Waals surface area contributed by atoms with Crippen LogP contribution in [0.15, 0.2) is 48.0 Å². The molecule has 2 aromatic rings. The third-order valence-electron chi connectivity index (χ3n) is 4.68. The van der Waals surface area contributed by atoms with Crippen molar-refractivity contribution in [3.8, 4) is 5.75 Å². The zero-order valence-corrected chi connectivity index (χ0v) is 17.9. The molecule has 1 atom stereocenters. The zero-order valence-electron chi connectivity index (χ0n) is 16.4. The van der Waals surface area contributed by atoms with Crippen LogP contribution in [-0.4, -0.2) is 23.0 Å². The fraction of sp³-hybridized carbons (Fsp3) is 0.227. The van der Waals surface area contributed by atoms with Crippen molar-refractivity contribution in [3.63, 3.8) is 0 Å². The van der Waals surface area contributed by atoms with Crippen LogP contribution in [0.4, 0.5) is 5.69 Å². The summed E-state index contributed by atoms with van der Waals surface area (Å²) in [6.45, 7) is 5.84. The number of anilines is 1. The van der Waals surface area contributed by atoms with E-state index in [1.54, 1.807) is 43.3 Å². The van der Waals surface area contributed by atoms with E-state index >= 15 is 0 Å². The molecule has 1 aliphatic rings. The Balaban J connectivity index is 1.92. The number of benzene rings is 2. The first kappa shape index (κ1) is 21.0. The molecule has 7 heteroatoms. The Morgan fingerprint density at radius 2 is 1.90 bits per heavy atom. The zero-order chi connectivity index (χ0) is 21.1. The van der Waals surface area contributed by atoms with Crippen molar-refractivity contribution in [1.82, 2.24) is 5.32 Å². The third kappa shape index (κ3) is 4.49. The van der Waals surface area contributed by atoms with Gasteiger partial charge in [0.25, 0.3) is 11.8 Å². The molecule has 1 saturated heterocycles. The molecule has 2 aromatic carbocycles. The molecular formula is C22H21ClN2O3S. The third-order valence-corrected chi connectivity index (χ3v) is 5.38.